The summed E-state index contributed by atoms with van der Waals surface area (Å²) in [5.74, 6) is 0.0842. The third-order valence-electron chi connectivity index (χ3n) is 4.44. The molecule has 4 N–H and O–H groups in total. The Labute approximate surface area is 160 Å². The van der Waals surface area contributed by atoms with Gasteiger partial charge >= 0.3 is 0 Å². The second kappa shape index (κ2) is 6.81. The number of ether oxygens (including phenoxy) is 1. The number of nitrogens with zero attached hydrogens (tertiary/aromatic N) is 3. The maximum absolute atomic E-state index is 10.6. The Morgan fingerprint density at radius 1 is 1.44 bits per heavy atom. The predicted molar refractivity (Wildman–Crippen MR) is 111 cm³/mol. The van der Waals surface area contributed by atoms with E-state index < -0.39 is 31.4 Å². The Morgan fingerprint density at radius 2 is 2.12 bits per heavy atom. The molecule has 0 aliphatic carbocycles. The first kappa shape index (κ1) is 19.1. The average Bonchev–Trinajstić information content (AvgIpc) is 2.97. The maximum atomic E-state index is 10.6. The van der Waals surface area contributed by atoms with Crippen LogP contribution >= 0.6 is 29.5 Å². The number of pyridine rings is 1. The number of aliphatic hydroxyl groups is 2. The molecule has 1 aliphatic rings. The lowest BCUT2D eigenvalue weighted by atomic mass is 10.0. The summed E-state index contributed by atoms with van der Waals surface area (Å²) in [6.07, 6.45) is 3.46. The van der Waals surface area contributed by atoms with Crippen molar-refractivity contribution in [3.63, 3.8) is 0 Å². The van der Waals surface area contributed by atoms with Crippen molar-refractivity contribution in [1.29, 1.82) is 0 Å². The Balaban J connectivity index is 1.96. The SMILES string of the molecule is C=P(C)(C)CC(C)[C@H]1O[C@@H](n2c(I)nc3c(N)ccnc32)[C@H](O)[C@@H]1O. The topological polar surface area (TPSA) is 106 Å². The van der Waals surface area contributed by atoms with E-state index in [0.29, 0.717) is 20.7 Å². The third kappa shape index (κ3) is 3.60. The lowest BCUT2D eigenvalue weighted by Crippen LogP contribution is -2.36. The molecule has 0 saturated carbocycles. The number of aromatic nitrogens is 3. The number of nitrogen functional groups attached to an aromatic ring is 1. The molecule has 0 aromatic carbocycles. The summed E-state index contributed by atoms with van der Waals surface area (Å²) < 4.78 is 8.40. The number of anilines is 1. The minimum atomic E-state index is -1.28. The van der Waals surface area contributed by atoms with E-state index in [-0.39, 0.29) is 5.92 Å². The molecular weight excluding hydrogens is 454 g/mol. The molecule has 3 rings (SSSR count). The van der Waals surface area contributed by atoms with Crippen LogP contribution in [0.2, 0.25) is 0 Å². The van der Waals surface area contributed by atoms with Gasteiger partial charge in [0.2, 0.25) is 0 Å². The van der Waals surface area contributed by atoms with Gasteiger partial charge in [-0.25, -0.2) is 9.97 Å². The van der Waals surface area contributed by atoms with E-state index in [4.69, 9.17) is 10.5 Å². The van der Waals surface area contributed by atoms with E-state index in [1.165, 1.54) is 0 Å². The van der Waals surface area contributed by atoms with Crippen LogP contribution in [0.15, 0.2) is 12.3 Å². The van der Waals surface area contributed by atoms with E-state index >= 15 is 0 Å². The van der Waals surface area contributed by atoms with Crippen LogP contribution in [-0.2, 0) is 4.74 Å². The molecule has 5 atom stereocenters. The van der Waals surface area contributed by atoms with Crippen molar-refractivity contribution in [2.24, 2.45) is 5.92 Å². The van der Waals surface area contributed by atoms with Crippen molar-refractivity contribution in [3.05, 3.63) is 16.1 Å². The number of aliphatic hydroxyl groups excluding tert-OH is 2. The lowest BCUT2D eigenvalue weighted by molar-refractivity contribution is -0.0499. The fourth-order valence-corrected chi connectivity index (χ4v) is 5.97. The van der Waals surface area contributed by atoms with Gasteiger partial charge in [0.15, 0.2) is 15.7 Å². The first-order valence-corrected chi connectivity index (χ1v) is 12.2. The van der Waals surface area contributed by atoms with Crippen LogP contribution in [0.5, 0.6) is 0 Å². The second-order valence-corrected chi connectivity index (χ2v) is 12.6. The van der Waals surface area contributed by atoms with Crippen LogP contribution < -0.4 is 5.73 Å². The standard InChI is InChI=1S/C16H24IN4O3P/c1-8(7-25(2,3)4)13-11(22)12(23)15(24-13)21-14-10(20-16(21)17)9(18)5-6-19-14/h5-6,8,11-13,15,22-23H,2,7H2,1,3-4H3,(H2,18,19)/t8?,11-,12+,13+,15+/m0/s1. The highest BCUT2D eigenvalue weighted by molar-refractivity contribution is 14.1. The molecule has 0 amide bonds. The molecule has 2 aromatic heterocycles. The van der Waals surface area contributed by atoms with Gasteiger partial charge < -0.3 is 20.7 Å². The summed E-state index contributed by atoms with van der Waals surface area (Å²) in [5, 5.41) is 21.2. The first-order valence-electron chi connectivity index (χ1n) is 8.07. The molecule has 1 saturated heterocycles. The quantitative estimate of drug-likeness (QED) is 0.456. The molecule has 138 valence electrons. The van der Waals surface area contributed by atoms with Gasteiger partial charge in [-0.1, -0.05) is 6.92 Å². The molecule has 2 aromatic rings. The van der Waals surface area contributed by atoms with Gasteiger partial charge in [0.05, 0.1) is 11.8 Å². The largest absolute Gasteiger partial charge is 0.397 e. The molecule has 0 bridgehead atoms. The molecule has 7 nitrogen and oxygen atoms in total. The van der Waals surface area contributed by atoms with Crippen molar-refractivity contribution in [2.45, 2.75) is 31.5 Å². The van der Waals surface area contributed by atoms with E-state index in [0.717, 1.165) is 6.16 Å². The Kier molecular flexibility index (Phi) is 5.20. The number of rotatable bonds is 4. The number of imidazole rings is 1. The Morgan fingerprint density at radius 3 is 2.76 bits per heavy atom. The van der Waals surface area contributed by atoms with Crippen molar-refractivity contribution in [1.82, 2.24) is 14.5 Å². The number of hydrogen-bond donors (Lipinski definition) is 3. The number of hydrogen-bond acceptors (Lipinski definition) is 6. The van der Waals surface area contributed by atoms with Gasteiger partial charge in [-0.3, -0.25) is 4.57 Å². The molecule has 1 unspecified atom stereocenters. The van der Waals surface area contributed by atoms with Crippen LogP contribution in [0.4, 0.5) is 5.69 Å². The third-order valence-corrected chi connectivity index (χ3v) is 6.77. The van der Waals surface area contributed by atoms with Crippen molar-refractivity contribution >= 4 is 52.6 Å². The summed E-state index contributed by atoms with van der Waals surface area (Å²) >= 11 is 2.06. The molecule has 25 heavy (non-hydrogen) atoms. The van der Waals surface area contributed by atoms with Crippen LogP contribution in [0, 0.1) is 9.75 Å². The van der Waals surface area contributed by atoms with E-state index in [1.807, 2.05) is 6.92 Å². The molecule has 0 radical (unpaired) electrons. The molecule has 1 aliphatic heterocycles. The summed E-state index contributed by atoms with van der Waals surface area (Å²) in [6, 6.07) is 1.68. The van der Waals surface area contributed by atoms with Crippen molar-refractivity contribution < 1.29 is 14.9 Å². The second-order valence-electron chi connectivity index (χ2n) is 7.39. The lowest BCUT2D eigenvalue weighted by Gasteiger charge is -2.26. The van der Waals surface area contributed by atoms with Crippen LogP contribution in [0.25, 0.3) is 11.2 Å². The van der Waals surface area contributed by atoms with Gasteiger partial charge in [0.1, 0.15) is 17.7 Å². The fraction of sp³-hybridized carbons (Fsp3) is 0.562. The Hall–Kier alpha value is -0.670. The van der Waals surface area contributed by atoms with Gasteiger partial charge in [0.25, 0.3) is 0 Å². The van der Waals surface area contributed by atoms with E-state index in [1.54, 1.807) is 16.8 Å². The summed E-state index contributed by atoms with van der Waals surface area (Å²) in [4.78, 5) is 8.77. The van der Waals surface area contributed by atoms with Gasteiger partial charge in [0, 0.05) is 28.8 Å². The zero-order valence-electron chi connectivity index (χ0n) is 14.5. The van der Waals surface area contributed by atoms with Crippen molar-refractivity contribution in [2.75, 3.05) is 25.2 Å². The van der Waals surface area contributed by atoms with Crippen LogP contribution in [0.3, 0.4) is 0 Å². The monoisotopic (exact) mass is 478 g/mol. The van der Waals surface area contributed by atoms with E-state index in [2.05, 4.69) is 52.2 Å². The van der Waals surface area contributed by atoms with Gasteiger partial charge in [-0.2, -0.15) is 0 Å². The Bertz CT molecular complexity index is 836. The van der Waals surface area contributed by atoms with Gasteiger partial charge in [-0.15, -0.1) is 13.2 Å². The minimum absolute atomic E-state index is 0.0842. The number of nitrogens with two attached hydrogens (primary N) is 1. The zero-order chi connectivity index (χ0) is 18.5. The smallest absolute Gasteiger partial charge is 0.175 e. The summed E-state index contributed by atoms with van der Waals surface area (Å²) in [5.41, 5.74) is 7.59. The molecule has 0 spiro atoms. The minimum Gasteiger partial charge on any atom is -0.397 e. The van der Waals surface area contributed by atoms with Crippen molar-refractivity contribution in [3.8, 4) is 0 Å². The maximum Gasteiger partial charge on any atom is 0.175 e. The number of fused-ring (bicyclic) bond motifs is 1. The molecular formula is C16H24IN4O3P. The average molecular weight is 478 g/mol. The summed E-state index contributed by atoms with van der Waals surface area (Å²) in [7, 11) is 0. The summed E-state index contributed by atoms with van der Waals surface area (Å²) in [6.45, 7) is 5.05. The predicted octanol–water partition coefficient (Wildman–Crippen LogP) is 1.58. The van der Waals surface area contributed by atoms with Crippen LogP contribution in [-0.4, -0.2) is 68.9 Å². The highest BCUT2D eigenvalue weighted by atomic mass is 127. The van der Waals surface area contributed by atoms with Crippen LogP contribution in [0.1, 0.15) is 13.2 Å². The highest BCUT2D eigenvalue weighted by Crippen LogP contribution is 2.43. The van der Waals surface area contributed by atoms with E-state index in [9.17, 15) is 10.2 Å². The number of halogens is 1. The van der Waals surface area contributed by atoms with Gasteiger partial charge in [-0.05, 0) is 31.5 Å². The molecule has 1 fully saturated rings. The molecule has 9 heteroatoms. The zero-order valence-corrected chi connectivity index (χ0v) is 17.6. The first-order chi connectivity index (χ1) is 11.6. The normalized spacial score (nSPS) is 28.6. The highest BCUT2D eigenvalue weighted by Gasteiger charge is 2.47. The fourth-order valence-electron chi connectivity index (χ4n) is 3.46. The molecule has 3 heterocycles.